The number of hydrogen-bond donors (Lipinski definition) is 3. The van der Waals surface area contributed by atoms with E-state index in [0.29, 0.717) is 16.6 Å². The van der Waals surface area contributed by atoms with E-state index in [0.717, 1.165) is 10.8 Å². The SMILES string of the molecule is CC(C)(C)c1cc([Si](C)(C)C(C)(C)C)c(O)cc1NC(=O)c1c[nH]c2ccccc2c1=O. The number of hydrogen-bond acceptors (Lipinski definition) is 3. The summed E-state index contributed by atoms with van der Waals surface area (Å²) in [5, 5.41) is 15.3. The first kappa shape index (κ1) is 23.8. The molecular weight excluding hydrogens is 416 g/mol. The zero-order valence-corrected chi connectivity index (χ0v) is 21.3. The molecule has 0 fully saturated rings. The van der Waals surface area contributed by atoms with Crippen molar-refractivity contribution in [1.29, 1.82) is 0 Å². The van der Waals surface area contributed by atoms with Crippen molar-refractivity contribution in [3.05, 3.63) is 63.9 Å². The number of benzene rings is 2. The molecule has 2 aromatic carbocycles. The minimum absolute atomic E-state index is 0.0384. The zero-order valence-electron chi connectivity index (χ0n) is 20.3. The monoisotopic (exact) mass is 450 g/mol. The van der Waals surface area contributed by atoms with Crippen molar-refractivity contribution in [3.63, 3.8) is 0 Å². The third-order valence-electron chi connectivity index (χ3n) is 6.77. The molecule has 0 saturated heterocycles. The number of phenols is 1. The van der Waals surface area contributed by atoms with Crippen molar-refractivity contribution >= 4 is 35.8 Å². The first-order valence-electron chi connectivity index (χ1n) is 10.9. The summed E-state index contributed by atoms with van der Waals surface area (Å²) in [5.74, 6) is -0.311. The second kappa shape index (κ2) is 7.92. The highest BCUT2D eigenvalue weighted by molar-refractivity contribution is 6.92. The Morgan fingerprint density at radius 1 is 1.03 bits per heavy atom. The Morgan fingerprint density at radius 2 is 1.66 bits per heavy atom. The minimum Gasteiger partial charge on any atom is -0.508 e. The number of aromatic nitrogens is 1. The fourth-order valence-electron chi connectivity index (χ4n) is 3.74. The van der Waals surface area contributed by atoms with E-state index in [9.17, 15) is 14.7 Å². The number of amides is 1. The van der Waals surface area contributed by atoms with Gasteiger partial charge in [-0.2, -0.15) is 0 Å². The summed E-state index contributed by atoms with van der Waals surface area (Å²) in [6, 6.07) is 10.8. The molecule has 0 saturated carbocycles. The molecule has 6 heteroatoms. The highest BCUT2D eigenvalue weighted by Crippen LogP contribution is 2.40. The Labute approximate surface area is 190 Å². The van der Waals surface area contributed by atoms with Crippen molar-refractivity contribution in [2.75, 3.05) is 5.32 Å². The van der Waals surface area contributed by atoms with Crippen LogP contribution in [-0.4, -0.2) is 24.1 Å². The van der Waals surface area contributed by atoms with Gasteiger partial charge in [-0.1, -0.05) is 72.8 Å². The van der Waals surface area contributed by atoms with E-state index >= 15 is 0 Å². The van der Waals surface area contributed by atoms with Gasteiger partial charge >= 0.3 is 0 Å². The van der Waals surface area contributed by atoms with Crippen molar-refractivity contribution in [2.24, 2.45) is 0 Å². The van der Waals surface area contributed by atoms with Gasteiger partial charge in [0.15, 0.2) is 0 Å². The maximum absolute atomic E-state index is 13.1. The molecular formula is C26H34N2O3Si. The van der Waals surface area contributed by atoms with E-state index in [-0.39, 0.29) is 27.2 Å². The normalized spacial score (nSPS) is 12.8. The van der Waals surface area contributed by atoms with Gasteiger partial charge in [0.25, 0.3) is 5.91 Å². The van der Waals surface area contributed by atoms with Crippen LogP contribution in [0.4, 0.5) is 5.69 Å². The number of carbonyl (C=O) groups excluding carboxylic acids is 1. The predicted octanol–water partition coefficient (Wildman–Crippen LogP) is 5.50. The fourth-order valence-corrected chi connectivity index (χ4v) is 5.77. The molecule has 1 aromatic heterocycles. The Bertz CT molecular complexity index is 1240. The van der Waals surface area contributed by atoms with Gasteiger partial charge in [-0.3, -0.25) is 9.59 Å². The molecule has 1 heterocycles. The molecule has 0 aliphatic heterocycles. The Kier molecular flexibility index (Phi) is 5.89. The molecule has 0 radical (unpaired) electrons. The number of anilines is 1. The molecule has 0 atom stereocenters. The number of rotatable bonds is 3. The molecule has 0 aliphatic carbocycles. The van der Waals surface area contributed by atoms with Gasteiger partial charge in [0.2, 0.25) is 5.43 Å². The summed E-state index contributed by atoms with van der Waals surface area (Å²) in [5.41, 5.74) is 1.58. The molecule has 1 amide bonds. The van der Waals surface area contributed by atoms with Crippen LogP contribution in [0.3, 0.4) is 0 Å². The Balaban J connectivity index is 2.11. The molecule has 32 heavy (non-hydrogen) atoms. The van der Waals surface area contributed by atoms with Gasteiger partial charge < -0.3 is 15.4 Å². The van der Waals surface area contributed by atoms with Gasteiger partial charge in [-0.05, 0) is 33.3 Å². The zero-order chi connectivity index (χ0) is 24.1. The van der Waals surface area contributed by atoms with E-state index in [1.807, 2.05) is 12.1 Å². The van der Waals surface area contributed by atoms with Gasteiger partial charge in [0.05, 0.1) is 8.07 Å². The second-order valence-electron chi connectivity index (χ2n) is 11.1. The van der Waals surface area contributed by atoms with E-state index in [1.54, 1.807) is 24.3 Å². The molecule has 0 spiro atoms. The van der Waals surface area contributed by atoms with Gasteiger partial charge in [-0.15, -0.1) is 0 Å². The highest BCUT2D eigenvalue weighted by Gasteiger charge is 2.39. The highest BCUT2D eigenvalue weighted by atomic mass is 28.3. The molecule has 5 nitrogen and oxygen atoms in total. The summed E-state index contributed by atoms with van der Waals surface area (Å²) in [6.45, 7) is 17.3. The molecule has 0 aliphatic rings. The van der Waals surface area contributed by atoms with Crippen LogP contribution in [0.5, 0.6) is 5.75 Å². The van der Waals surface area contributed by atoms with Crippen LogP contribution >= 0.6 is 0 Å². The van der Waals surface area contributed by atoms with Crippen LogP contribution in [0, 0.1) is 0 Å². The number of aromatic hydroxyl groups is 1. The van der Waals surface area contributed by atoms with Crippen molar-refractivity contribution in [2.45, 2.75) is 65.1 Å². The summed E-state index contributed by atoms with van der Waals surface area (Å²) < 4.78 is 0. The quantitative estimate of drug-likeness (QED) is 0.461. The van der Waals surface area contributed by atoms with Crippen LogP contribution < -0.4 is 15.9 Å². The number of nitrogens with one attached hydrogen (secondary N) is 2. The third-order valence-corrected chi connectivity index (χ3v) is 12.3. The number of fused-ring (bicyclic) bond motifs is 1. The summed E-state index contributed by atoms with van der Waals surface area (Å²) in [6.07, 6.45) is 1.45. The number of aromatic amines is 1. The molecule has 3 N–H and O–H groups in total. The van der Waals surface area contributed by atoms with Gasteiger partial charge in [0, 0.05) is 28.9 Å². The first-order chi connectivity index (χ1) is 14.6. The largest absolute Gasteiger partial charge is 0.508 e. The number of para-hydroxylation sites is 1. The van der Waals surface area contributed by atoms with Gasteiger partial charge in [-0.25, -0.2) is 0 Å². The van der Waals surface area contributed by atoms with Crippen molar-refractivity contribution in [1.82, 2.24) is 4.98 Å². The lowest BCUT2D eigenvalue weighted by molar-refractivity contribution is 0.102. The minimum atomic E-state index is -2.02. The summed E-state index contributed by atoms with van der Waals surface area (Å²) in [7, 11) is -2.02. The molecule has 0 bridgehead atoms. The Hall–Kier alpha value is -2.86. The number of phenolic OH excluding ortho intramolecular Hbond substituents is 1. The fraction of sp³-hybridized carbons (Fsp3) is 0.385. The lowest BCUT2D eigenvalue weighted by Crippen LogP contribution is -2.50. The number of pyridine rings is 1. The van der Waals surface area contributed by atoms with Crippen LogP contribution in [0.25, 0.3) is 10.9 Å². The smallest absolute Gasteiger partial charge is 0.261 e. The van der Waals surface area contributed by atoms with Crippen molar-refractivity contribution in [3.8, 4) is 5.75 Å². The maximum Gasteiger partial charge on any atom is 0.261 e. The standard InChI is InChI=1S/C26H34N2O3Si/c1-25(2,3)18-13-22(32(7,8)26(4,5)6)21(29)14-20(18)28-24(31)17-15-27-19-12-10-9-11-16(19)23(17)30/h9-15,29H,1-8H3,(H,27,30)(H,28,31). The third kappa shape index (κ3) is 4.24. The molecule has 0 unspecified atom stereocenters. The summed E-state index contributed by atoms with van der Waals surface area (Å²) in [4.78, 5) is 29.0. The maximum atomic E-state index is 13.1. The van der Waals surface area contributed by atoms with E-state index < -0.39 is 14.0 Å². The van der Waals surface area contributed by atoms with Gasteiger partial charge in [0.1, 0.15) is 11.3 Å². The lowest BCUT2D eigenvalue weighted by Gasteiger charge is -2.39. The average molecular weight is 451 g/mol. The van der Waals surface area contributed by atoms with E-state index in [2.05, 4.69) is 64.9 Å². The topological polar surface area (TPSA) is 82.2 Å². The van der Waals surface area contributed by atoms with Crippen LogP contribution in [0.2, 0.25) is 18.1 Å². The second-order valence-corrected chi connectivity index (χ2v) is 16.4. The van der Waals surface area contributed by atoms with E-state index in [4.69, 9.17) is 0 Å². The molecule has 3 rings (SSSR count). The average Bonchev–Trinajstić information content (AvgIpc) is 2.66. The molecule has 170 valence electrons. The lowest BCUT2D eigenvalue weighted by atomic mass is 9.85. The van der Waals surface area contributed by atoms with Crippen LogP contribution in [0.15, 0.2) is 47.4 Å². The predicted molar refractivity (Wildman–Crippen MR) is 136 cm³/mol. The first-order valence-corrected chi connectivity index (χ1v) is 13.9. The molecule has 3 aromatic rings. The van der Waals surface area contributed by atoms with E-state index in [1.165, 1.54) is 6.20 Å². The number of H-pyrrole nitrogens is 1. The van der Waals surface area contributed by atoms with Crippen molar-refractivity contribution < 1.29 is 9.90 Å². The number of carbonyl (C=O) groups is 1. The van der Waals surface area contributed by atoms with Crippen LogP contribution in [-0.2, 0) is 5.41 Å². The van der Waals surface area contributed by atoms with Crippen LogP contribution in [0.1, 0.15) is 57.5 Å². The summed E-state index contributed by atoms with van der Waals surface area (Å²) >= 11 is 0. The Morgan fingerprint density at radius 3 is 2.25 bits per heavy atom.